The summed E-state index contributed by atoms with van der Waals surface area (Å²) in [6.45, 7) is 1.50. The summed E-state index contributed by atoms with van der Waals surface area (Å²) in [6.07, 6.45) is 1.70. The van der Waals surface area contributed by atoms with Gasteiger partial charge in [-0.15, -0.1) is 11.6 Å². The Morgan fingerprint density at radius 3 is 2.41 bits per heavy atom. The Hall–Kier alpha value is -1.31. The SMILES string of the molecule is COCCCN(Cc1ccc(OS(C)(=O)=O)cc1)C(=O)CCl. The molecule has 8 heteroatoms. The number of hydrogen-bond donors (Lipinski definition) is 0. The zero-order valence-corrected chi connectivity index (χ0v) is 14.2. The summed E-state index contributed by atoms with van der Waals surface area (Å²) in [6, 6.07) is 6.53. The standard InChI is InChI=1S/C14H20ClNO5S/c1-20-9-3-8-16(14(17)10-15)11-12-4-6-13(7-5-12)21-22(2,18)19/h4-7H,3,8-11H2,1-2H3. The monoisotopic (exact) mass is 349 g/mol. The quantitative estimate of drug-likeness (QED) is 0.385. The highest BCUT2D eigenvalue weighted by Crippen LogP contribution is 2.15. The van der Waals surface area contributed by atoms with Gasteiger partial charge in [0.1, 0.15) is 11.6 Å². The second-order valence-electron chi connectivity index (χ2n) is 4.73. The first-order chi connectivity index (χ1) is 10.4. The summed E-state index contributed by atoms with van der Waals surface area (Å²) in [4.78, 5) is 13.5. The number of halogens is 1. The number of amides is 1. The second kappa shape index (κ2) is 8.97. The first kappa shape index (κ1) is 18.7. The number of alkyl halides is 1. The zero-order chi connectivity index (χ0) is 16.6. The van der Waals surface area contributed by atoms with Crippen LogP contribution in [0.25, 0.3) is 0 Å². The Labute approximate surface area is 136 Å². The molecule has 0 saturated heterocycles. The average molecular weight is 350 g/mol. The number of carbonyl (C=O) groups excluding carboxylic acids is 1. The lowest BCUT2D eigenvalue weighted by atomic mass is 10.2. The molecule has 0 radical (unpaired) electrons. The fourth-order valence-electron chi connectivity index (χ4n) is 1.82. The van der Waals surface area contributed by atoms with E-state index in [9.17, 15) is 13.2 Å². The van der Waals surface area contributed by atoms with Crippen LogP contribution in [0, 0.1) is 0 Å². The van der Waals surface area contributed by atoms with Gasteiger partial charge in [0.15, 0.2) is 0 Å². The molecule has 0 unspecified atom stereocenters. The number of ether oxygens (including phenoxy) is 1. The third-order valence-corrected chi connectivity index (χ3v) is 3.51. The van der Waals surface area contributed by atoms with Crippen molar-refractivity contribution in [2.45, 2.75) is 13.0 Å². The van der Waals surface area contributed by atoms with Gasteiger partial charge in [0.2, 0.25) is 5.91 Å². The van der Waals surface area contributed by atoms with Crippen LogP contribution in [0.3, 0.4) is 0 Å². The Kier molecular flexibility index (Phi) is 7.64. The van der Waals surface area contributed by atoms with Crippen LogP contribution in [0.2, 0.25) is 0 Å². The van der Waals surface area contributed by atoms with Crippen LogP contribution in [-0.4, -0.2) is 51.6 Å². The Balaban J connectivity index is 2.70. The van der Waals surface area contributed by atoms with Crippen LogP contribution in [-0.2, 0) is 26.2 Å². The van der Waals surface area contributed by atoms with Gasteiger partial charge in [-0.25, -0.2) is 0 Å². The van der Waals surface area contributed by atoms with Crippen molar-refractivity contribution >= 4 is 27.6 Å². The van der Waals surface area contributed by atoms with Crippen molar-refractivity contribution in [2.75, 3.05) is 32.4 Å². The highest BCUT2D eigenvalue weighted by atomic mass is 35.5. The van der Waals surface area contributed by atoms with E-state index in [4.69, 9.17) is 20.5 Å². The van der Waals surface area contributed by atoms with E-state index in [1.54, 1.807) is 36.3 Å². The Bertz CT molecular complexity index is 573. The molecule has 0 N–H and O–H groups in total. The van der Waals surface area contributed by atoms with Crippen molar-refractivity contribution in [3.8, 4) is 5.75 Å². The predicted octanol–water partition coefficient (Wildman–Crippen LogP) is 1.63. The molecule has 0 aliphatic heterocycles. The van der Waals surface area contributed by atoms with Crippen LogP contribution < -0.4 is 4.18 Å². The van der Waals surface area contributed by atoms with E-state index in [1.807, 2.05) is 0 Å². The van der Waals surface area contributed by atoms with Gasteiger partial charge in [0.25, 0.3) is 0 Å². The minimum absolute atomic E-state index is 0.0811. The van der Waals surface area contributed by atoms with E-state index in [1.165, 1.54) is 0 Å². The molecule has 6 nitrogen and oxygen atoms in total. The third-order valence-electron chi connectivity index (χ3n) is 2.79. The molecule has 0 atom stereocenters. The predicted molar refractivity (Wildman–Crippen MR) is 84.5 cm³/mol. The highest BCUT2D eigenvalue weighted by molar-refractivity contribution is 7.86. The van der Waals surface area contributed by atoms with Crippen molar-refractivity contribution in [3.05, 3.63) is 29.8 Å². The van der Waals surface area contributed by atoms with Crippen LogP contribution in [0.4, 0.5) is 0 Å². The number of benzene rings is 1. The molecule has 0 fully saturated rings. The molecule has 0 bridgehead atoms. The van der Waals surface area contributed by atoms with Gasteiger partial charge >= 0.3 is 10.1 Å². The van der Waals surface area contributed by atoms with Crippen molar-refractivity contribution in [2.24, 2.45) is 0 Å². The van der Waals surface area contributed by atoms with Gasteiger partial charge < -0.3 is 13.8 Å². The summed E-state index contributed by atoms with van der Waals surface area (Å²) < 4.78 is 31.8. The van der Waals surface area contributed by atoms with Gasteiger partial charge in [0.05, 0.1) is 6.26 Å². The molecular weight excluding hydrogens is 330 g/mol. The van der Waals surface area contributed by atoms with Gasteiger partial charge in [-0.05, 0) is 24.1 Å². The lowest BCUT2D eigenvalue weighted by molar-refractivity contribution is -0.129. The fourth-order valence-corrected chi connectivity index (χ4v) is 2.45. The second-order valence-corrected chi connectivity index (χ2v) is 6.57. The maximum absolute atomic E-state index is 11.8. The molecule has 1 rings (SSSR count). The topological polar surface area (TPSA) is 72.9 Å². The van der Waals surface area contributed by atoms with Crippen LogP contribution in [0.5, 0.6) is 5.75 Å². The molecule has 1 aromatic rings. The van der Waals surface area contributed by atoms with E-state index in [2.05, 4.69) is 0 Å². The number of carbonyl (C=O) groups is 1. The molecule has 0 aliphatic carbocycles. The van der Waals surface area contributed by atoms with Crippen LogP contribution >= 0.6 is 11.6 Å². The van der Waals surface area contributed by atoms with E-state index in [0.29, 0.717) is 26.1 Å². The third kappa shape index (κ3) is 7.11. The molecule has 0 spiro atoms. The molecule has 0 aromatic heterocycles. The minimum atomic E-state index is -3.54. The lowest BCUT2D eigenvalue weighted by Gasteiger charge is -2.22. The molecule has 0 heterocycles. The Morgan fingerprint density at radius 2 is 1.91 bits per heavy atom. The van der Waals surface area contributed by atoms with Crippen molar-refractivity contribution in [3.63, 3.8) is 0 Å². The van der Waals surface area contributed by atoms with Gasteiger partial charge in [-0.2, -0.15) is 8.42 Å². The van der Waals surface area contributed by atoms with E-state index < -0.39 is 10.1 Å². The van der Waals surface area contributed by atoms with Crippen molar-refractivity contribution < 1.29 is 22.1 Å². The van der Waals surface area contributed by atoms with Gasteiger partial charge in [0, 0.05) is 26.8 Å². The number of rotatable bonds is 9. The van der Waals surface area contributed by atoms with Crippen molar-refractivity contribution in [1.82, 2.24) is 4.90 Å². The van der Waals surface area contributed by atoms with E-state index >= 15 is 0 Å². The van der Waals surface area contributed by atoms with Crippen molar-refractivity contribution in [1.29, 1.82) is 0 Å². The summed E-state index contributed by atoms with van der Waals surface area (Å²) in [7, 11) is -1.94. The van der Waals surface area contributed by atoms with Crippen LogP contribution in [0.15, 0.2) is 24.3 Å². The van der Waals surface area contributed by atoms with Crippen LogP contribution in [0.1, 0.15) is 12.0 Å². The fraction of sp³-hybridized carbons (Fsp3) is 0.500. The largest absolute Gasteiger partial charge is 0.385 e. The maximum atomic E-state index is 11.8. The Morgan fingerprint density at radius 1 is 1.27 bits per heavy atom. The molecule has 1 amide bonds. The first-order valence-electron chi connectivity index (χ1n) is 6.67. The lowest BCUT2D eigenvalue weighted by Crippen LogP contribution is -2.32. The summed E-state index contributed by atoms with van der Waals surface area (Å²) >= 11 is 5.61. The normalized spacial score (nSPS) is 11.2. The zero-order valence-electron chi connectivity index (χ0n) is 12.6. The first-order valence-corrected chi connectivity index (χ1v) is 9.02. The average Bonchev–Trinajstić information content (AvgIpc) is 2.46. The molecular formula is C14H20ClNO5S. The summed E-state index contributed by atoms with van der Waals surface area (Å²) in [5, 5.41) is 0. The maximum Gasteiger partial charge on any atom is 0.306 e. The van der Waals surface area contributed by atoms with E-state index in [-0.39, 0.29) is 17.5 Å². The number of hydrogen-bond acceptors (Lipinski definition) is 5. The molecule has 124 valence electrons. The van der Waals surface area contributed by atoms with Gasteiger partial charge in [-0.3, -0.25) is 4.79 Å². The molecule has 1 aromatic carbocycles. The van der Waals surface area contributed by atoms with Gasteiger partial charge in [-0.1, -0.05) is 12.1 Å². The number of methoxy groups -OCH3 is 1. The van der Waals surface area contributed by atoms with E-state index in [0.717, 1.165) is 11.8 Å². The highest BCUT2D eigenvalue weighted by Gasteiger charge is 2.13. The molecule has 22 heavy (non-hydrogen) atoms. The molecule has 0 aliphatic rings. The summed E-state index contributed by atoms with van der Waals surface area (Å²) in [5.41, 5.74) is 0.858. The summed E-state index contributed by atoms with van der Waals surface area (Å²) in [5.74, 6) is -0.00231. The smallest absolute Gasteiger partial charge is 0.306 e. The minimum Gasteiger partial charge on any atom is -0.385 e. The molecule has 0 saturated carbocycles. The number of nitrogens with zero attached hydrogens (tertiary/aromatic N) is 1.